The van der Waals surface area contributed by atoms with E-state index in [1.165, 1.54) is 7.11 Å². The number of aromatic hydroxyl groups is 1. The highest BCUT2D eigenvalue weighted by Gasteiger charge is 2.14. The van der Waals surface area contributed by atoms with Crippen LogP contribution in [0.3, 0.4) is 0 Å². The summed E-state index contributed by atoms with van der Waals surface area (Å²) < 4.78 is 39.2. The van der Waals surface area contributed by atoms with Gasteiger partial charge in [0, 0.05) is 10.7 Å². The lowest BCUT2D eigenvalue weighted by Gasteiger charge is -2.06. The zero-order chi connectivity index (χ0) is 11.6. The second-order valence-corrected chi connectivity index (χ2v) is 5.59. The van der Waals surface area contributed by atoms with Gasteiger partial charge < -0.3 is 9.84 Å². The van der Waals surface area contributed by atoms with Gasteiger partial charge in [-0.25, -0.2) is 8.42 Å². The molecule has 0 aromatic heterocycles. The number of hydrogen-bond donors (Lipinski definition) is 1. The average Bonchev–Trinajstić information content (AvgIpc) is 2.08. The minimum atomic E-state index is -3.75. The Balaban J connectivity index is 3.17. The third kappa shape index (κ3) is 3.24. The van der Waals surface area contributed by atoms with E-state index in [1.807, 2.05) is 0 Å². The van der Waals surface area contributed by atoms with Crippen LogP contribution in [0.5, 0.6) is 11.5 Å². The lowest BCUT2D eigenvalue weighted by molar-refractivity contribution is 0.364. The molecule has 0 aliphatic rings. The first-order chi connectivity index (χ1) is 6.83. The summed E-state index contributed by atoms with van der Waals surface area (Å²) in [4.78, 5) is 0. The molecule has 1 rings (SSSR count). The van der Waals surface area contributed by atoms with E-state index in [4.69, 9.17) is 15.8 Å². The quantitative estimate of drug-likeness (QED) is 0.833. The lowest BCUT2D eigenvalue weighted by Crippen LogP contribution is -1.97. The Morgan fingerprint density at radius 1 is 1.53 bits per heavy atom. The van der Waals surface area contributed by atoms with Crippen molar-refractivity contribution < 1.29 is 22.7 Å². The molecule has 0 aliphatic heterocycles. The van der Waals surface area contributed by atoms with Crippen molar-refractivity contribution >= 4 is 19.7 Å². The summed E-state index contributed by atoms with van der Waals surface area (Å²) in [7, 11) is 2.47. The summed E-state index contributed by atoms with van der Waals surface area (Å²) in [6, 6.07) is 2.15. The van der Waals surface area contributed by atoms with Gasteiger partial charge in [-0.2, -0.15) is 4.39 Å². The number of halogens is 2. The Bertz CT molecular complexity index is 472. The van der Waals surface area contributed by atoms with Crippen molar-refractivity contribution in [2.24, 2.45) is 0 Å². The highest BCUT2D eigenvalue weighted by molar-refractivity contribution is 8.13. The van der Waals surface area contributed by atoms with Gasteiger partial charge in [0.2, 0.25) is 14.9 Å². The molecule has 0 radical (unpaired) electrons. The van der Waals surface area contributed by atoms with Crippen LogP contribution in [-0.4, -0.2) is 20.6 Å². The number of benzene rings is 1. The van der Waals surface area contributed by atoms with E-state index in [-0.39, 0.29) is 11.3 Å². The van der Waals surface area contributed by atoms with Crippen LogP contribution in [0.25, 0.3) is 0 Å². The van der Waals surface area contributed by atoms with Crippen molar-refractivity contribution in [1.29, 1.82) is 0 Å². The maximum absolute atomic E-state index is 13.1. The van der Waals surface area contributed by atoms with Crippen LogP contribution in [-0.2, 0) is 14.8 Å². The molecule has 0 saturated carbocycles. The van der Waals surface area contributed by atoms with Gasteiger partial charge in [0.25, 0.3) is 0 Å². The summed E-state index contributed by atoms with van der Waals surface area (Å²) >= 11 is 0. The molecule has 1 aromatic carbocycles. The van der Waals surface area contributed by atoms with Crippen LogP contribution in [0.2, 0.25) is 0 Å². The van der Waals surface area contributed by atoms with Crippen molar-refractivity contribution in [2.75, 3.05) is 7.11 Å². The topological polar surface area (TPSA) is 63.6 Å². The molecule has 84 valence electrons. The Kier molecular flexibility index (Phi) is 3.41. The Hall–Kier alpha value is -1.01. The summed E-state index contributed by atoms with van der Waals surface area (Å²) in [5, 5.41) is 9.12. The molecule has 0 amide bonds. The molecule has 0 spiro atoms. The largest absolute Gasteiger partial charge is 0.505 e. The van der Waals surface area contributed by atoms with Crippen molar-refractivity contribution in [2.45, 2.75) is 5.75 Å². The molecule has 7 heteroatoms. The SMILES string of the molecule is COc1cc(CS(=O)(=O)Cl)cc(O)c1F. The molecule has 15 heavy (non-hydrogen) atoms. The monoisotopic (exact) mass is 254 g/mol. The van der Waals surface area contributed by atoms with E-state index in [1.54, 1.807) is 0 Å². The first-order valence-corrected chi connectivity index (χ1v) is 6.29. The third-order valence-corrected chi connectivity index (χ3v) is 2.64. The molecule has 0 unspecified atom stereocenters. The number of phenols is 1. The highest BCUT2D eigenvalue weighted by Crippen LogP contribution is 2.28. The smallest absolute Gasteiger partial charge is 0.236 e. The van der Waals surface area contributed by atoms with Crippen molar-refractivity contribution in [3.05, 3.63) is 23.5 Å². The molecule has 0 heterocycles. The summed E-state index contributed by atoms with van der Waals surface area (Å²) in [5.41, 5.74) is 0.153. The standard InChI is InChI=1S/C8H8ClFO4S/c1-14-7-3-5(4-15(9,12)13)2-6(11)8(7)10/h2-3,11H,4H2,1H3. The minimum Gasteiger partial charge on any atom is -0.505 e. The molecule has 4 nitrogen and oxygen atoms in total. The molecule has 1 N–H and O–H groups in total. The van der Waals surface area contributed by atoms with Gasteiger partial charge in [-0.05, 0) is 17.7 Å². The predicted octanol–water partition coefficient (Wildman–Crippen LogP) is 1.61. The van der Waals surface area contributed by atoms with Gasteiger partial charge >= 0.3 is 0 Å². The molecule has 0 atom stereocenters. The third-order valence-electron chi connectivity index (χ3n) is 1.64. The van der Waals surface area contributed by atoms with Gasteiger partial charge in [-0.15, -0.1) is 0 Å². The van der Waals surface area contributed by atoms with Crippen molar-refractivity contribution in [3.63, 3.8) is 0 Å². The molecular weight excluding hydrogens is 247 g/mol. The lowest BCUT2D eigenvalue weighted by atomic mass is 10.2. The number of ether oxygens (including phenoxy) is 1. The van der Waals surface area contributed by atoms with Crippen LogP contribution >= 0.6 is 10.7 Å². The molecule has 0 bridgehead atoms. The van der Waals surface area contributed by atoms with Gasteiger partial charge in [0.15, 0.2) is 11.5 Å². The molecule has 1 aromatic rings. The van der Waals surface area contributed by atoms with Gasteiger partial charge in [-0.1, -0.05) is 0 Å². The van der Waals surface area contributed by atoms with Crippen LogP contribution in [0.15, 0.2) is 12.1 Å². The van der Waals surface area contributed by atoms with Crippen LogP contribution in [0.4, 0.5) is 4.39 Å². The maximum Gasteiger partial charge on any atom is 0.236 e. The van der Waals surface area contributed by atoms with E-state index in [9.17, 15) is 12.8 Å². The second kappa shape index (κ2) is 4.24. The molecular formula is C8H8ClFO4S. The van der Waals surface area contributed by atoms with E-state index >= 15 is 0 Å². The van der Waals surface area contributed by atoms with E-state index in [0.717, 1.165) is 12.1 Å². The average molecular weight is 255 g/mol. The number of methoxy groups -OCH3 is 1. The minimum absolute atomic E-state index is 0.153. The summed E-state index contributed by atoms with van der Waals surface area (Å²) in [5.74, 6) is -2.35. The van der Waals surface area contributed by atoms with Crippen LogP contribution in [0.1, 0.15) is 5.56 Å². The molecule has 0 fully saturated rings. The summed E-state index contributed by atoms with van der Waals surface area (Å²) in [6.07, 6.45) is 0. The predicted molar refractivity (Wildman–Crippen MR) is 53.1 cm³/mol. The number of hydrogen-bond acceptors (Lipinski definition) is 4. The second-order valence-electron chi connectivity index (χ2n) is 2.81. The van der Waals surface area contributed by atoms with E-state index < -0.39 is 26.4 Å². The van der Waals surface area contributed by atoms with Crippen LogP contribution in [0, 0.1) is 5.82 Å². The van der Waals surface area contributed by atoms with Crippen molar-refractivity contribution in [1.82, 2.24) is 0 Å². The zero-order valence-corrected chi connectivity index (χ0v) is 9.27. The summed E-state index contributed by atoms with van der Waals surface area (Å²) in [6.45, 7) is 0. The molecule has 0 aliphatic carbocycles. The zero-order valence-electron chi connectivity index (χ0n) is 7.70. The van der Waals surface area contributed by atoms with Gasteiger partial charge in [-0.3, -0.25) is 0 Å². The Labute approximate surface area is 90.7 Å². The molecule has 0 saturated heterocycles. The fourth-order valence-electron chi connectivity index (χ4n) is 1.07. The Morgan fingerprint density at radius 2 is 2.13 bits per heavy atom. The number of rotatable bonds is 3. The van der Waals surface area contributed by atoms with Gasteiger partial charge in [0.05, 0.1) is 12.9 Å². The highest BCUT2D eigenvalue weighted by atomic mass is 35.7. The first-order valence-electron chi connectivity index (χ1n) is 3.81. The fourth-order valence-corrected chi connectivity index (χ4v) is 2.01. The number of phenolic OH excluding ortho intramolecular Hbond substituents is 1. The van der Waals surface area contributed by atoms with Crippen molar-refractivity contribution in [3.8, 4) is 11.5 Å². The van der Waals surface area contributed by atoms with E-state index in [2.05, 4.69) is 4.74 Å². The van der Waals surface area contributed by atoms with Crippen LogP contribution < -0.4 is 4.74 Å². The normalized spacial score (nSPS) is 11.4. The van der Waals surface area contributed by atoms with E-state index in [0.29, 0.717) is 0 Å². The first kappa shape index (κ1) is 12.1. The van der Waals surface area contributed by atoms with Gasteiger partial charge in [0.1, 0.15) is 0 Å². The maximum atomic E-state index is 13.1. The Morgan fingerprint density at radius 3 is 2.60 bits per heavy atom. The fraction of sp³-hybridized carbons (Fsp3) is 0.250.